The quantitative estimate of drug-likeness (QED) is 0.809. The summed E-state index contributed by atoms with van der Waals surface area (Å²) in [6.45, 7) is -0.202. The summed E-state index contributed by atoms with van der Waals surface area (Å²) in [5, 5.41) is 0.570. The first-order chi connectivity index (χ1) is 12.1. The molecule has 1 heterocycles. The minimum atomic E-state index is -0.854. The third-order valence-corrected chi connectivity index (χ3v) is 3.56. The Morgan fingerprint density at radius 2 is 1.80 bits per heavy atom. The fourth-order valence-electron chi connectivity index (χ4n) is 2.08. The summed E-state index contributed by atoms with van der Waals surface area (Å²) in [7, 11) is 0. The summed E-state index contributed by atoms with van der Waals surface area (Å²) in [4.78, 5) is 23.8. The molecule has 130 valence electrons. The molecule has 0 saturated carbocycles. The molecule has 0 radical (unpaired) electrons. The average Bonchev–Trinajstić information content (AvgIpc) is 2.65. The van der Waals surface area contributed by atoms with E-state index in [1.54, 1.807) is 42.5 Å². The van der Waals surface area contributed by atoms with Crippen LogP contribution in [0.4, 0.5) is 0 Å². The third kappa shape index (κ3) is 4.54. The molecule has 1 atom stereocenters. The molecule has 1 unspecified atom stereocenters. The first-order valence-corrected chi connectivity index (χ1v) is 7.85. The maximum atomic E-state index is 12.0. The lowest BCUT2D eigenvalue weighted by molar-refractivity contribution is -0.135. The predicted octanol–water partition coefficient (Wildman–Crippen LogP) is 1.71. The van der Waals surface area contributed by atoms with Gasteiger partial charge >= 0.3 is 0 Å². The van der Waals surface area contributed by atoms with Crippen molar-refractivity contribution in [3.63, 3.8) is 0 Å². The Kier molecular flexibility index (Phi) is 5.25. The van der Waals surface area contributed by atoms with Gasteiger partial charge in [0.1, 0.15) is 12.4 Å². The topological polar surface area (TPSA) is 85.9 Å². The van der Waals surface area contributed by atoms with Crippen molar-refractivity contribution in [3.8, 4) is 17.2 Å². The number of fused-ring (bicyclic) bond motifs is 1. The van der Waals surface area contributed by atoms with Crippen LogP contribution in [-0.2, 0) is 9.59 Å². The Morgan fingerprint density at radius 1 is 1.08 bits per heavy atom. The van der Waals surface area contributed by atoms with Crippen molar-refractivity contribution in [2.45, 2.75) is 6.10 Å². The van der Waals surface area contributed by atoms with Gasteiger partial charge in [-0.15, -0.1) is 0 Å². The van der Waals surface area contributed by atoms with Crippen LogP contribution >= 0.6 is 11.6 Å². The van der Waals surface area contributed by atoms with Gasteiger partial charge in [-0.2, -0.15) is 0 Å². The first-order valence-electron chi connectivity index (χ1n) is 7.47. The number of hydrogen-bond donors (Lipinski definition) is 2. The van der Waals surface area contributed by atoms with E-state index < -0.39 is 17.9 Å². The van der Waals surface area contributed by atoms with Gasteiger partial charge < -0.3 is 14.2 Å². The number of hydrogen-bond acceptors (Lipinski definition) is 5. The molecule has 7 nitrogen and oxygen atoms in total. The number of rotatable bonds is 4. The van der Waals surface area contributed by atoms with Crippen molar-refractivity contribution in [1.82, 2.24) is 10.9 Å². The second kappa shape index (κ2) is 7.76. The number of para-hydroxylation sites is 2. The van der Waals surface area contributed by atoms with E-state index in [0.29, 0.717) is 22.3 Å². The summed E-state index contributed by atoms with van der Waals surface area (Å²) in [5.41, 5.74) is 4.54. The molecule has 1 aliphatic rings. The van der Waals surface area contributed by atoms with E-state index in [2.05, 4.69) is 10.9 Å². The monoisotopic (exact) mass is 362 g/mol. The Bertz CT molecular complexity index is 766. The smallest absolute Gasteiger partial charge is 0.283 e. The molecular formula is C17H15ClN2O5. The third-order valence-electron chi connectivity index (χ3n) is 3.31. The van der Waals surface area contributed by atoms with Crippen LogP contribution in [0.3, 0.4) is 0 Å². The van der Waals surface area contributed by atoms with Crippen LogP contribution in [0.1, 0.15) is 0 Å². The number of hydrazine groups is 1. The Hall–Kier alpha value is -2.93. The van der Waals surface area contributed by atoms with Gasteiger partial charge in [-0.05, 0) is 36.4 Å². The number of amides is 2. The van der Waals surface area contributed by atoms with Crippen LogP contribution in [0.5, 0.6) is 17.2 Å². The molecule has 0 bridgehead atoms. The van der Waals surface area contributed by atoms with Crippen LogP contribution in [0.25, 0.3) is 0 Å². The molecule has 1 aliphatic heterocycles. The van der Waals surface area contributed by atoms with E-state index in [9.17, 15) is 9.59 Å². The summed E-state index contributed by atoms with van der Waals surface area (Å²) < 4.78 is 16.2. The molecule has 2 amide bonds. The zero-order valence-electron chi connectivity index (χ0n) is 13.0. The van der Waals surface area contributed by atoms with Gasteiger partial charge in [-0.25, -0.2) is 0 Å². The molecule has 0 aromatic heterocycles. The highest BCUT2D eigenvalue weighted by molar-refractivity contribution is 6.30. The summed E-state index contributed by atoms with van der Waals surface area (Å²) in [6, 6.07) is 13.6. The number of benzene rings is 2. The van der Waals surface area contributed by atoms with Crippen LogP contribution < -0.4 is 25.1 Å². The molecule has 3 rings (SSSR count). The van der Waals surface area contributed by atoms with E-state index in [1.807, 2.05) is 6.07 Å². The maximum Gasteiger partial charge on any atom is 0.283 e. The van der Waals surface area contributed by atoms with E-state index in [1.165, 1.54) is 0 Å². The molecule has 8 heteroatoms. The standard InChI is InChI=1S/C17H15ClN2O5/c18-11-5-7-12(8-6-11)23-10-16(21)19-20-17(22)15-9-24-13-3-1-2-4-14(13)25-15/h1-8,15H,9-10H2,(H,19,21)(H,20,22). The van der Waals surface area contributed by atoms with Crippen molar-refractivity contribution < 1.29 is 23.8 Å². The molecule has 0 fully saturated rings. The van der Waals surface area contributed by atoms with Crippen molar-refractivity contribution in [1.29, 1.82) is 0 Å². The molecular weight excluding hydrogens is 348 g/mol. The van der Waals surface area contributed by atoms with Gasteiger partial charge in [0, 0.05) is 5.02 Å². The van der Waals surface area contributed by atoms with Gasteiger partial charge in [0.25, 0.3) is 11.8 Å². The molecule has 2 aromatic rings. The van der Waals surface area contributed by atoms with E-state index >= 15 is 0 Å². The van der Waals surface area contributed by atoms with Crippen molar-refractivity contribution in [2.24, 2.45) is 0 Å². The van der Waals surface area contributed by atoms with Crippen LogP contribution in [-0.4, -0.2) is 31.1 Å². The van der Waals surface area contributed by atoms with Crippen molar-refractivity contribution in [2.75, 3.05) is 13.2 Å². The highest BCUT2D eigenvalue weighted by Gasteiger charge is 2.27. The Morgan fingerprint density at radius 3 is 2.56 bits per heavy atom. The second-order valence-electron chi connectivity index (χ2n) is 5.14. The second-order valence-corrected chi connectivity index (χ2v) is 5.58. The van der Waals surface area contributed by atoms with Gasteiger partial charge in [0.05, 0.1) is 0 Å². The molecule has 0 saturated heterocycles. The summed E-state index contributed by atoms with van der Waals surface area (Å²) >= 11 is 5.76. The minimum absolute atomic E-state index is 0.0555. The molecule has 2 aromatic carbocycles. The molecule has 25 heavy (non-hydrogen) atoms. The number of halogens is 1. The van der Waals surface area contributed by atoms with Crippen LogP contribution in [0.15, 0.2) is 48.5 Å². The Labute approximate surface area is 148 Å². The highest BCUT2D eigenvalue weighted by Crippen LogP contribution is 2.30. The molecule has 2 N–H and O–H groups in total. The first kappa shape index (κ1) is 16.9. The normalized spacial score (nSPS) is 15.2. The van der Waals surface area contributed by atoms with Gasteiger partial charge in [0.15, 0.2) is 18.1 Å². The zero-order chi connectivity index (χ0) is 17.6. The van der Waals surface area contributed by atoms with Gasteiger partial charge in [-0.3, -0.25) is 20.4 Å². The number of carbonyl (C=O) groups excluding carboxylic acids is 2. The predicted molar refractivity (Wildman–Crippen MR) is 89.6 cm³/mol. The molecule has 0 spiro atoms. The highest BCUT2D eigenvalue weighted by atomic mass is 35.5. The minimum Gasteiger partial charge on any atom is -0.485 e. The lowest BCUT2D eigenvalue weighted by atomic mass is 10.2. The molecule has 0 aliphatic carbocycles. The largest absolute Gasteiger partial charge is 0.485 e. The fraction of sp³-hybridized carbons (Fsp3) is 0.176. The van der Waals surface area contributed by atoms with Gasteiger partial charge in [-0.1, -0.05) is 23.7 Å². The average molecular weight is 363 g/mol. The van der Waals surface area contributed by atoms with Gasteiger partial charge in [0.2, 0.25) is 6.10 Å². The van der Waals surface area contributed by atoms with E-state index in [0.717, 1.165) is 0 Å². The lowest BCUT2D eigenvalue weighted by Gasteiger charge is -2.25. The number of ether oxygens (including phenoxy) is 3. The van der Waals surface area contributed by atoms with Crippen LogP contribution in [0.2, 0.25) is 5.02 Å². The van der Waals surface area contributed by atoms with E-state index in [4.69, 9.17) is 25.8 Å². The van der Waals surface area contributed by atoms with Crippen molar-refractivity contribution >= 4 is 23.4 Å². The van der Waals surface area contributed by atoms with Crippen LogP contribution in [0, 0.1) is 0 Å². The SMILES string of the molecule is O=C(COc1ccc(Cl)cc1)NNC(=O)C1COc2ccccc2O1. The van der Waals surface area contributed by atoms with E-state index in [-0.39, 0.29) is 13.2 Å². The lowest BCUT2D eigenvalue weighted by Crippen LogP contribution is -2.51. The zero-order valence-corrected chi connectivity index (χ0v) is 13.8. The number of nitrogens with one attached hydrogen (secondary N) is 2. The number of carbonyl (C=O) groups is 2. The maximum absolute atomic E-state index is 12.0. The van der Waals surface area contributed by atoms with Crippen molar-refractivity contribution in [3.05, 3.63) is 53.6 Å². The summed E-state index contributed by atoms with van der Waals surface area (Å²) in [5.74, 6) is 0.513. The fourth-order valence-corrected chi connectivity index (χ4v) is 2.20. The Balaban J connectivity index is 1.43. The summed E-state index contributed by atoms with van der Waals surface area (Å²) in [6.07, 6.45) is -0.854.